The van der Waals surface area contributed by atoms with E-state index in [1.807, 2.05) is 0 Å². The minimum atomic E-state index is 0.0373. The molecule has 0 fully saturated rings. The molecule has 0 bridgehead atoms. The molecule has 0 aromatic carbocycles. The summed E-state index contributed by atoms with van der Waals surface area (Å²) >= 11 is 0. The highest BCUT2D eigenvalue weighted by Crippen LogP contribution is 2.31. The Kier molecular flexibility index (Phi) is 3.59. The predicted octanol–water partition coefficient (Wildman–Crippen LogP) is 2.83. The molecule has 2 heteroatoms. The fourth-order valence-corrected chi connectivity index (χ4v) is 1.60. The average molecular weight is 197 g/mol. The summed E-state index contributed by atoms with van der Waals surface area (Å²) in [6.07, 6.45) is 5.77. The third kappa shape index (κ3) is 2.50. The van der Waals surface area contributed by atoms with Gasteiger partial charge in [-0.3, -0.25) is 0 Å². The van der Waals surface area contributed by atoms with Gasteiger partial charge >= 0.3 is 0 Å². The summed E-state index contributed by atoms with van der Waals surface area (Å²) in [7, 11) is 0. The third-order valence-electron chi connectivity index (χ3n) is 3.32. The van der Waals surface area contributed by atoms with Crippen molar-refractivity contribution >= 4 is 0 Å². The zero-order chi connectivity index (χ0) is 10.8. The number of rotatable bonds is 3. The molecule has 2 atom stereocenters. The van der Waals surface area contributed by atoms with E-state index in [1.54, 1.807) is 0 Å². The molecule has 0 aromatic rings. The van der Waals surface area contributed by atoms with Crippen molar-refractivity contribution < 1.29 is 4.74 Å². The maximum absolute atomic E-state index is 6.21. The Morgan fingerprint density at radius 1 is 1.64 bits per heavy atom. The van der Waals surface area contributed by atoms with E-state index >= 15 is 0 Å². The van der Waals surface area contributed by atoms with E-state index < -0.39 is 0 Å². The lowest BCUT2D eigenvalue weighted by Crippen LogP contribution is -2.40. The van der Waals surface area contributed by atoms with Crippen LogP contribution in [-0.4, -0.2) is 12.1 Å². The van der Waals surface area contributed by atoms with E-state index in [0.29, 0.717) is 6.10 Å². The molecule has 0 amide bonds. The van der Waals surface area contributed by atoms with Crippen molar-refractivity contribution in [3.8, 4) is 0 Å². The number of allylic oxidation sites excluding steroid dienone is 1. The van der Waals surface area contributed by atoms with Crippen molar-refractivity contribution in [2.75, 3.05) is 0 Å². The SMILES string of the molecule is CCC(C)(C)[C@@H](N)C1=CCCC(C)O1. The Labute approximate surface area is 87.5 Å². The van der Waals surface area contributed by atoms with Gasteiger partial charge < -0.3 is 10.5 Å². The molecule has 0 saturated heterocycles. The second-order valence-corrected chi connectivity index (χ2v) is 4.93. The summed E-state index contributed by atoms with van der Waals surface area (Å²) in [6.45, 7) is 8.67. The molecule has 0 spiro atoms. The standard InChI is InChI=1S/C12H23NO/c1-5-12(3,4)11(13)10-8-6-7-9(2)14-10/h8-9,11H,5-7,13H2,1-4H3/t9?,11-/m0/s1. The first-order chi connectivity index (χ1) is 6.47. The van der Waals surface area contributed by atoms with Gasteiger partial charge in [0.25, 0.3) is 0 Å². The minimum Gasteiger partial charge on any atom is -0.494 e. The average Bonchev–Trinajstić information content (AvgIpc) is 2.16. The molecular weight excluding hydrogens is 174 g/mol. The third-order valence-corrected chi connectivity index (χ3v) is 3.32. The van der Waals surface area contributed by atoms with Gasteiger partial charge in [0, 0.05) is 0 Å². The lowest BCUT2D eigenvalue weighted by atomic mass is 9.81. The quantitative estimate of drug-likeness (QED) is 0.755. The topological polar surface area (TPSA) is 35.2 Å². The van der Waals surface area contributed by atoms with Crippen LogP contribution in [-0.2, 0) is 4.74 Å². The first kappa shape index (κ1) is 11.6. The minimum absolute atomic E-state index is 0.0373. The summed E-state index contributed by atoms with van der Waals surface area (Å²) < 4.78 is 5.77. The zero-order valence-corrected chi connectivity index (χ0v) is 9.84. The van der Waals surface area contributed by atoms with Crippen LogP contribution in [0.5, 0.6) is 0 Å². The largest absolute Gasteiger partial charge is 0.494 e. The summed E-state index contributed by atoms with van der Waals surface area (Å²) in [4.78, 5) is 0. The molecule has 0 saturated carbocycles. The normalized spacial score (nSPS) is 25.2. The van der Waals surface area contributed by atoms with E-state index in [-0.39, 0.29) is 11.5 Å². The van der Waals surface area contributed by atoms with Gasteiger partial charge in [-0.2, -0.15) is 0 Å². The van der Waals surface area contributed by atoms with Gasteiger partial charge in [-0.1, -0.05) is 20.8 Å². The van der Waals surface area contributed by atoms with Crippen LogP contribution >= 0.6 is 0 Å². The Balaban J connectivity index is 2.69. The van der Waals surface area contributed by atoms with Crippen LogP contribution in [0.1, 0.15) is 47.0 Å². The Morgan fingerprint density at radius 2 is 2.29 bits per heavy atom. The van der Waals surface area contributed by atoms with Crippen molar-refractivity contribution in [1.29, 1.82) is 0 Å². The molecule has 0 aliphatic carbocycles. The van der Waals surface area contributed by atoms with Gasteiger partial charge in [0.05, 0.1) is 12.1 Å². The van der Waals surface area contributed by atoms with Crippen molar-refractivity contribution in [3.05, 3.63) is 11.8 Å². The van der Waals surface area contributed by atoms with Crippen LogP contribution in [0.3, 0.4) is 0 Å². The lowest BCUT2D eigenvalue weighted by Gasteiger charge is -2.34. The van der Waals surface area contributed by atoms with Crippen molar-refractivity contribution in [3.63, 3.8) is 0 Å². The van der Waals surface area contributed by atoms with Gasteiger partial charge in [-0.15, -0.1) is 0 Å². The second kappa shape index (κ2) is 4.35. The molecule has 1 rings (SSSR count). The van der Waals surface area contributed by atoms with Gasteiger partial charge in [-0.05, 0) is 37.7 Å². The molecule has 2 N–H and O–H groups in total. The Bertz CT molecular complexity index is 220. The van der Waals surface area contributed by atoms with E-state index in [2.05, 4.69) is 33.8 Å². The molecule has 0 aromatic heterocycles. The van der Waals surface area contributed by atoms with Crippen molar-refractivity contribution in [2.24, 2.45) is 11.1 Å². The lowest BCUT2D eigenvalue weighted by molar-refractivity contribution is 0.0776. The summed E-state index contributed by atoms with van der Waals surface area (Å²) in [6, 6.07) is 0.0373. The number of ether oxygens (including phenoxy) is 1. The molecule has 0 radical (unpaired) electrons. The molecular formula is C12H23NO. The van der Waals surface area contributed by atoms with Crippen LogP contribution < -0.4 is 5.73 Å². The van der Waals surface area contributed by atoms with Gasteiger partial charge in [0.1, 0.15) is 5.76 Å². The molecule has 1 aliphatic rings. The number of nitrogens with two attached hydrogens (primary N) is 1. The van der Waals surface area contributed by atoms with E-state index in [9.17, 15) is 0 Å². The Morgan fingerprint density at radius 3 is 2.79 bits per heavy atom. The van der Waals surface area contributed by atoms with Crippen molar-refractivity contribution in [2.45, 2.75) is 59.1 Å². The number of hydrogen-bond donors (Lipinski definition) is 1. The first-order valence-corrected chi connectivity index (χ1v) is 5.59. The van der Waals surface area contributed by atoms with Crippen LogP contribution in [0.15, 0.2) is 11.8 Å². The molecule has 14 heavy (non-hydrogen) atoms. The second-order valence-electron chi connectivity index (χ2n) is 4.93. The van der Waals surface area contributed by atoms with Gasteiger partial charge in [-0.25, -0.2) is 0 Å². The molecule has 1 heterocycles. The van der Waals surface area contributed by atoms with Crippen LogP contribution in [0.4, 0.5) is 0 Å². The smallest absolute Gasteiger partial charge is 0.110 e. The van der Waals surface area contributed by atoms with E-state index in [1.165, 1.54) is 0 Å². The van der Waals surface area contributed by atoms with E-state index in [0.717, 1.165) is 25.0 Å². The molecule has 82 valence electrons. The van der Waals surface area contributed by atoms with Gasteiger partial charge in [0.15, 0.2) is 0 Å². The predicted molar refractivity (Wildman–Crippen MR) is 59.9 cm³/mol. The highest BCUT2D eigenvalue weighted by molar-refractivity contribution is 5.09. The highest BCUT2D eigenvalue weighted by Gasteiger charge is 2.30. The fourth-order valence-electron chi connectivity index (χ4n) is 1.60. The van der Waals surface area contributed by atoms with Gasteiger partial charge in [0.2, 0.25) is 0 Å². The highest BCUT2D eigenvalue weighted by atomic mass is 16.5. The molecule has 1 unspecified atom stereocenters. The fraction of sp³-hybridized carbons (Fsp3) is 0.833. The first-order valence-electron chi connectivity index (χ1n) is 5.59. The monoisotopic (exact) mass is 197 g/mol. The summed E-state index contributed by atoms with van der Waals surface area (Å²) in [5.41, 5.74) is 6.33. The number of hydrogen-bond acceptors (Lipinski definition) is 2. The molecule has 1 aliphatic heterocycles. The van der Waals surface area contributed by atoms with E-state index in [4.69, 9.17) is 10.5 Å². The zero-order valence-electron chi connectivity index (χ0n) is 9.84. The van der Waals surface area contributed by atoms with Crippen molar-refractivity contribution in [1.82, 2.24) is 0 Å². The van der Waals surface area contributed by atoms with Crippen LogP contribution in [0, 0.1) is 5.41 Å². The maximum Gasteiger partial charge on any atom is 0.110 e. The van der Waals surface area contributed by atoms with Crippen LogP contribution in [0.25, 0.3) is 0 Å². The Hall–Kier alpha value is -0.500. The maximum atomic E-state index is 6.21. The summed E-state index contributed by atoms with van der Waals surface area (Å²) in [5.74, 6) is 0.996. The van der Waals surface area contributed by atoms with Crippen LogP contribution in [0.2, 0.25) is 0 Å². The summed E-state index contributed by atoms with van der Waals surface area (Å²) in [5, 5.41) is 0. The molecule has 2 nitrogen and oxygen atoms in total.